The van der Waals surface area contributed by atoms with E-state index in [9.17, 15) is 14.7 Å². The van der Waals surface area contributed by atoms with Gasteiger partial charge in [0.15, 0.2) is 5.69 Å². The molecule has 0 radical (unpaired) electrons. The highest BCUT2D eigenvalue weighted by molar-refractivity contribution is 6.30. The summed E-state index contributed by atoms with van der Waals surface area (Å²) in [7, 11) is 0. The summed E-state index contributed by atoms with van der Waals surface area (Å²) >= 11 is 5.94. The molecule has 24 heavy (non-hydrogen) atoms. The topological polar surface area (TPSA) is 91.3 Å². The minimum atomic E-state index is -0.621. The van der Waals surface area contributed by atoms with Gasteiger partial charge in [0, 0.05) is 22.8 Å². The maximum absolute atomic E-state index is 12.0. The lowest BCUT2D eigenvalue weighted by atomic mass is 10.1. The normalized spacial score (nSPS) is 10.5. The Morgan fingerprint density at radius 3 is 2.62 bits per heavy atom. The number of nitrogens with zero attached hydrogens (tertiary/aromatic N) is 1. The fraction of sp³-hybridized carbons (Fsp3) is 0.235. The highest BCUT2D eigenvalue weighted by Crippen LogP contribution is 2.26. The van der Waals surface area contributed by atoms with Crippen molar-refractivity contribution in [2.75, 3.05) is 6.54 Å². The minimum Gasteiger partial charge on any atom is -0.505 e. The molecule has 0 bridgehead atoms. The summed E-state index contributed by atoms with van der Waals surface area (Å²) in [4.78, 5) is 27.5. The van der Waals surface area contributed by atoms with Crippen LogP contribution in [-0.2, 0) is 4.79 Å². The first kappa shape index (κ1) is 17.7. The molecule has 0 spiro atoms. The van der Waals surface area contributed by atoms with Crippen molar-refractivity contribution in [3.8, 4) is 16.9 Å². The van der Waals surface area contributed by atoms with Crippen LogP contribution in [0.3, 0.4) is 0 Å². The summed E-state index contributed by atoms with van der Waals surface area (Å²) in [6.07, 6.45) is 1.47. The standard InChI is InChI=1S/C17H18ClN3O3/c1-10(2)21-15(23)9-20-17(24)16-14(22)7-12(8-19-16)11-4-3-5-13(18)6-11/h3-8,10,22H,9H2,1-2H3,(H,20,24)(H,21,23). The van der Waals surface area contributed by atoms with E-state index >= 15 is 0 Å². The van der Waals surface area contributed by atoms with Gasteiger partial charge in [-0.05, 0) is 37.6 Å². The van der Waals surface area contributed by atoms with Gasteiger partial charge < -0.3 is 15.7 Å². The van der Waals surface area contributed by atoms with Crippen LogP contribution in [0.1, 0.15) is 24.3 Å². The maximum atomic E-state index is 12.0. The summed E-state index contributed by atoms with van der Waals surface area (Å²) in [6.45, 7) is 3.46. The van der Waals surface area contributed by atoms with E-state index in [2.05, 4.69) is 15.6 Å². The van der Waals surface area contributed by atoms with E-state index in [0.717, 1.165) is 5.56 Å². The zero-order chi connectivity index (χ0) is 17.7. The van der Waals surface area contributed by atoms with E-state index in [0.29, 0.717) is 10.6 Å². The van der Waals surface area contributed by atoms with Gasteiger partial charge in [-0.2, -0.15) is 0 Å². The molecule has 0 aliphatic carbocycles. The Balaban J connectivity index is 2.09. The molecular weight excluding hydrogens is 330 g/mol. The molecule has 0 aliphatic rings. The third-order valence-corrected chi connectivity index (χ3v) is 3.33. The first-order valence-electron chi connectivity index (χ1n) is 7.39. The Labute approximate surface area is 144 Å². The van der Waals surface area contributed by atoms with Crippen LogP contribution in [0.2, 0.25) is 5.02 Å². The summed E-state index contributed by atoms with van der Waals surface area (Å²) in [5.41, 5.74) is 1.26. The van der Waals surface area contributed by atoms with Gasteiger partial charge in [-0.15, -0.1) is 0 Å². The summed E-state index contributed by atoms with van der Waals surface area (Å²) < 4.78 is 0. The molecule has 0 saturated heterocycles. The molecule has 2 aromatic rings. The smallest absolute Gasteiger partial charge is 0.274 e. The fourth-order valence-electron chi connectivity index (χ4n) is 2.07. The van der Waals surface area contributed by atoms with Crippen molar-refractivity contribution in [1.82, 2.24) is 15.6 Å². The average molecular weight is 348 g/mol. The van der Waals surface area contributed by atoms with Gasteiger partial charge in [0.25, 0.3) is 5.91 Å². The van der Waals surface area contributed by atoms with Crippen molar-refractivity contribution >= 4 is 23.4 Å². The first-order valence-corrected chi connectivity index (χ1v) is 7.77. The van der Waals surface area contributed by atoms with Crippen molar-refractivity contribution in [1.29, 1.82) is 0 Å². The Kier molecular flexibility index (Phi) is 5.76. The third kappa shape index (κ3) is 4.70. The maximum Gasteiger partial charge on any atom is 0.274 e. The monoisotopic (exact) mass is 347 g/mol. The van der Waals surface area contributed by atoms with E-state index in [1.807, 2.05) is 19.9 Å². The second kappa shape index (κ2) is 7.79. The van der Waals surface area contributed by atoms with E-state index in [1.54, 1.807) is 18.2 Å². The zero-order valence-electron chi connectivity index (χ0n) is 13.3. The van der Waals surface area contributed by atoms with Crippen LogP contribution < -0.4 is 10.6 Å². The van der Waals surface area contributed by atoms with Gasteiger partial charge in [-0.25, -0.2) is 4.98 Å². The third-order valence-electron chi connectivity index (χ3n) is 3.10. The number of benzene rings is 1. The lowest BCUT2D eigenvalue weighted by Crippen LogP contribution is -2.40. The van der Waals surface area contributed by atoms with Crippen LogP contribution in [0.25, 0.3) is 11.1 Å². The number of rotatable bonds is 5. The number of carbonyl (C=O) groups is 2. The van der Waals surface area contributed by atoms with Gasteiger partial charge >= 0.3 is 0 Å². The van der Waals surface area contributed by atoms with Crippen LogP contribution in [0.15, 0.2) is 36.5 Å². The number of nitrogens with one attached hydrogen (secondary N) is 2. The summed E-state index contributed by atoms with van der Waals surface area (Å²) in [5.74, 6) is -1.20. The van der Waals surface area contributed by atoms with Crippen molar-refractivity contribution in [2.45, 2.75) is 19.9 Å². The molecule has 7 heteroatoms. The molecule has 0 saturated carbocycles. The highest BCUT2D eigenvalue weighted by Gasteiger charge is 2.15. The quantitative estimate of drug-likeness (QED) is 0.774. The first-order chi connectivity index (χ1) is 11.4. The number of hydrogen-bond acceptors (Lipinski definition) is 4. The molecule has 0 unspecified atom stereocenters. The molecule has 0 aliphatic heterocycles. The molecule has 2 amide bonds. The number of aromatic hydroxyl groups is 1. The summed E-state index contributed by atoms with van der Waals surface area (Å²) in [5, 5.41) is 15.7. The van der Waals surface area contributed by atoms with Gasteiger partial charge in [-0.1, -0.05) is 23.7 Å². The number of pyridine rings is 1. The van der Waals surface area contributed by atoms with Gasteiger partial charge in [0.2, 0.25) is 5.91 Å². The molecule has 126 valence electrons. The summed E-state index contributed by atoms with van der Waals surface area (Å²) in [6, 6.07) is 8.48. The van der Waals surface area contributed by atoms with Crippen molar-refractivity contribution in [2.24, 2.45) is 0 Å². The van der Waals surface area contributed by atoms with Crippen LogP contribution in [-0.4, -0.2) is 34.5 Å². The Bertz CT molecular complexity index is 762. The Morgan fingerprint density at radius 2 is 2.00 bits per heavy atom. The molecule has 0 fully saturated rings. The molecular formula is C17H18ClN3O3. The average Bonchev–Trinajstić information content (AvgIpc) is 2.52. The molecule has 3 N–H and O–H groups in total. The lowest BCUT2D eigenvalue weighted by molar-refractivity contribution is -0.120. The van der Waals surface area contributed by atoms with Crippen LogP contribution >= 0.6 is 11.6 Å². The number of aromatic nitrogens is 1. The Hall–Kier alpha value is -2.60. The van der Waals surface area contributed by atoms with E-state index in [1.165, 1.54) is 12.3 Å². The number of hydrogen-bond donors (Lipinski definition) is 3. The molecule has 1 aromatic heterocycles. The molecule has 1 heterocycles. The lowest BCUT2D eigenvalue weighted by Gasteiger charge is -2.10. The van der Waals surface area contributed by atoms with Gasteiger partial charge in [0.05, 0.1) is 6.54 Å². The second-order valence-electron chi connectivity index (χ2n) is 5.51. The van der Waals surface area contributed by atoms with Gasteiger partial charge in [-0.3, -0.25) is 9.59 Å². The highest BCUT2D eigenvalue weighted by atomic mass is 35.5. The predicted molar refractivity (Wildman–Crippen MR) is 92.0 cm³/mol. The van der Waals surface area contributed by atoms with Crippen molar-refractivity contribution in [3.05, 3.63) is 47.2 Å². The Morgan fingerprint density at radius 1 is 1.25 bits per heavy atom. The van der Waals surface area contributed by atoms with Crippen LogP contribution in [0.5, 0.6) is 5.75 Å². The van der Waals surface area contributed by atoms with E-state index in [4.69, 9.17) is 11.6 Å². The van der Waals surface area contributed by atoms with Crippen LogP contribution in [0.4, 0.5) is 0 Å². The van der Waals surface area contributed by atoms with E-state index in [-0.39, 0.29) is 29.9 Å². The van der Waals surface area contributed by atoms with Crippen LogP contribution in [0, 0.1) is 0 Å². The van der Waals surface area contributed by atoms with Gasteiger partial charge in [0.1, 0.15) is 5.75 Å². The molecule has 0 atom stereocenters. The molecule has 2 rings (SSSR count). The fourth-order valence-corrected chi connectivity index (χ4v) is 2.26. The van der Waals surface area contributed by atoms with Crippen molar-refractivity contribution < 1.29 is 14.7 Å². The number of amides is 2. The minimum absolute atomic E-state index is 0.0158. The number of carbonyl (C=O) groups excluding carboxylic acids is 2. The van der Waals surface area contributed by atoms with E-state index < -0.39 is 5.91 Å². The zero-order valence-corrected chi connectivity index (χ0v) is 14.1. The SMILES string of the molecule is CC(C)NC(=O)CNC(=O)c1ncc(-c2cccc(Cl)c2)cc1O. The largest absolute Gasteiger partial charge is 0.505 e. The van der Waals surface area contributed by atoms with Crippen molar-refractivity contribution in [3.63, 3.8) is 0 Å². The second-order valence-corrected chi connectivity index (χ2v) is 5.94. The predicted octanol–water partition coefficient (Wildman–Crippen LogP) is 2.36. The molecule has 1 aromatic carbocycles. The molecule has 6 nitrogen and oxygen atoms in total. The number of halogens is 1.